The highest BCUT2D eigenvalue weighted by atomic mass is 16.5. The van der Waals surface area contributed by atoms with Crippen LogP contribution in [0, 0.1) is 5.92 Å². The number of piperidine rings is 1. The molecule has 4 nitrogen and oxygen atoms in total. The molecule has 0 radical (unpaired) electrons. The summed E-state index contributed by atoms with van der Waals surface area (Å²) in [5.74, 6) is 0.347. The molecule has 3 aromatic rings. The van der Waals surface area contributed by atoms with E-state index in [4.69, 9.17) is 4.74 Å². The zero-order valence-corrected chi connectivity index (χ0v) is 15.8. The number of nitrogens with zero attached hydrogens (tertiary/aromatic N) is 2. The number of pyridine rings is 1. The van der Waals surface area contributed by atoms with Gasteiger partial charge in [-0.05, 0) is 35.9 Å². The first-order chi connectivity index (χ1) is 13.8. The van der Waals surface area contributed by atoms with Gasteiger partial charge in [0, 0.05) is 47.9 Å². The summed E-state index contributed by atoms with van der Waals surface area (Å²) < 4.78 is 5.84. The van der Waals surface area contributed by atoms with Gasteiger partial charge in [-0.15, -0.1) is 0 Å². The van der Waals surface area contributed by atoms with Crippen molar-refractivity contribution < 1.29 is 9.53 Å². The molecule has 142 valence electrons. The van der Waals surface area contributed by atoms with Crippen LogP contribution in [-0.2, 0) is 11.3 Å². The molecule has 1 aromatic heterocycles. The minimum Gasteiger partial charge on any atom is -0.378 e. The van der Waals surface area contributed by atoms with Gasteiger partial charge in [-0.3, -0.25) is 14.7 Å². The van der Waals surface area contributed by atoms with Crippen LogP contribution in [0.4, 0.5) is 0 Å². The van der Waals surface area contributed by atoms with Crippen molar-refractivity contribution in [1.82, 2.24) is 9.88 Å². The van der Waals surface area contributed by atoms with E-state index in [0.717, 1.165) is 48.9 Å². The molecule has 2 fully saturated rings. The fraction of sp³-hybridized carbons (Fsp3) is 0.333. The Labute approximate surface area is 165 Å². The second kappa shape index (κ2) is 7.46. The molecule has 0 amide bonds. The van der Waals surface area contributed by atoms with E-state index in [-0.39, 0.29) is 11.7 Å². The van der Waals surface area contributed by atoms with Crippen LogP contribution in [0.3, 0.4) is 0 Å². The maximum atomic E-state index is 13.3. The van der Waals surface area contributed by atoms with E-state index in [1.807, 2.05) is 30.5 Å². The predicted octanol–water partition coefficient (Wildman–Crippen LogP) is 4.10. The third-order valence-corrected chi connectivity index (χ3v) is 6.18. The van der Waals surface area contributed by atoms with Gasteiger partial charge in [0.05, 0.1) is 13.2 Å². The molecule has 0 aliphatic carbocycles. The Balaban J connectivity index is 1.35. The molecular formula is C24H24N2O2. The van der Waals surface area contributed by atoms with Crippen LogP contribution in [0.2, 0.25) is 0 Å². The van der Waals surface area contributed by atoms with Crippen molar-refractivity contribution in [3.8, 4) is 0 Å². The highest BCUT2D eigenvalue weighted by Gasteiger charge is 2.41. The number of fused-ring (bicyclic) bond motifs is 3. The van der Waals surface area contributed by atoms with E-state index in [2.05, 4.69) is 40.2 Å². The number of ketones is 1. The topological polar surface area (TPSA) is 42.4 Å². The minimum absolute atomic E-state index is 0.0743. The van der Waals surface area contributed by atoms with E-state index in [1.54, 1.807) is 6.20 Å². The van der Waals surface area contributed by atoms with Crippen LogP contribution in [0.5, 0.6) is 0 Å². The van der Waals surface area contributed by atoms with E-state index in [0.29, 0.717) is 12.1 Å². The summed E-state index contributed by atoms with van der Waals surface area (Å²) in [7, 11) is 0. The lowest BCUT2D eigenvalue weighted by Crippen LogP contribution is -2.57. The van der Waals surface area contributed by atoms with Crippen molar-refractivity contribution in [2.75, 3.05) is 13.2 Å². The summed E-state index contributed by atoms with van der Waals surface area (Å²) in [6, 6.07) is 19.2. The molecule has 4 heteroatoms. The van der Waals surface area contributed by atoms with Crippen LogP contribution >= 0.6 is 0 Å². The number of benzene rings is 2. The number of morpholine rings is 1. The number of hydrogen-bond donors (Lipinski definition) is 0. The third kappa shape index (κ3) is 3.34. The Morgan fingerprint density at radius 1 is 1.00 bits per heavy atom. The van der Waals surface area contributed by atoms with Crippen LogP contribution < -0.4 is 0 Å². The van der Waals surface area contributed by atoms with Crippen LogP contribution in [0.1, 0.15) is 28.8 Å². The Morgan fingerprint density at radius 3 is 2.57 bits per heavy atom. The summed E-state index contributed by atoms with van der Waals surface area (Å²) >= 11 is 0. The quantitative estimate of drug-likeness (QED) is 0.647. The van der Waals surface area contributed by atoms with Crippen molar-refractivity contribution >= 4 is 16.6 Å². The summed E-state index contributed by atoms with van der Waals surface area (Å²) in [4.78, 5) is 20.0. The SMILES string of the molecule is O=C(c1ccc2cnccc2c1)C1CC2COCC(C1)N2Cc1ccccc1. The minimum atomic E-state index is 0.0743. The smallest absolute Gasteiger partial charge is 0.166 e. The van der Waals surface area contributed by atoms with Crippen molar-refractivity contribution in [2.45, 2.75) is 31.5 Å². The number of hydrogen-bond acceptors (Lipinski definition) is 4. The Hall–Kier alpha value is -2.56. The summed E-state index contributed by atoms with van der Waals surface area (Å²) in [5.41, 5.74) is 2.14. The Morgan fingerprint density at radius 2 is 1.79 bits per heavy atom. The van der Waals surface area contributed by atoms with Gasteiger partial charge in [0.2, 0.25) is 0 Å². The van der Waals surface area contributed by atoms with E-state index in [1.165, 1.54) is 5.56 Å². The average Bonchev–Trinajstić information content (AvgIpc) is 2.73. The molecule has 2 bridgehead atoms. The van der Waals surface area contributed by atoms with Crippen molar-refractivity contribution in [3.63, 3.8) is 0 Å². The van der Waals surface area contributed by atoms with Crippen molar-refractivity contribution in [1.29, 1.82) is 0 Å². The van der Waals surface area contributed by atoms with Crippen molar-refractivity contribution in [2.24, 2.45) is 5.92 Å². The van der Waals surface area contributed by atoms with Gasteiger partial charge < -0.3 is 4.74 Å². The van der Waals surface area contributed by atoms with Gasteiger partial charge >= 0.3 is 0 Å². The molecule has 0 N–H and O–H groups in total. The number of rotatable bonds is 4. The zero-order valence-electron chi connectivity index (χ0n) is 15.8. The van der Waals surface area contributed by atoms with Gasteiger partial charge in [0.25, 0.3) is 0 Å². The number of ether oxygens (including phenoxy) is 1. The lowest BCUT2D eigenvalue weighted by atomic mass is 9.80. The summed E-state index contributed by atoms with van der Waals surface area (Å²) in [6.07, 6.45) is 5.36. The lowest BCUT2D eigenvalue weighted by molar-refractivity contribution is -0.0872. The summed E-state index contributed by atoms with van der Waals surface area (Å²) in [6.45, 7) is 2.37. The number of carbonyl (C=O) groups is 1. The molecule has 0 saturated carbocycles. The largest absolute Gasteiger partial charge is 0.378 e. The third-order valence-electron chi connectivity index (χ3n) is 6.18. The van der Waals surface area contributed by atoms with Crippen molar-refractivity contribution in [3.05, 3.63) is 78.1 Å². The molecule has 5 rings (SSSR count). The monoisotopic (exact) mass is 372 g/mol. The number of Topliss-reactive ketones (excluding diaryl/α,β-unsaturated/α-hetero) is 1. The highest BCUT2D eigenvalue weighted by Crippen LogP contribution is 2.35. The van der Waals surface area contributed by atoms with Crippen LogP contribution in [0.25, 0.3) is 10.8 Å². The Kier molecular flexibility index (Phi) is 4.67. The molecule has 28 heavy (non-hydrogen) atoms. The van der Waals surface area contributed by atoms with Gasteiger partial charge in [-0.25, -0.2) is 0 Å². The van der Waals surface area contributed by atoms with Gasteiger partial charge in [0.15, 0.2) is 5.78 Å². The molecule has 2 aromatic carbocycles. The first-order valence-electron chi connectivity index (χ1n) is 10.0. The molecule has 2 aliphatic heterocycles. The molecule has 2 saturated heterocycles. The van der Waals surface area contributed by atoms with Crippen LogP contribution in [0.15, 0.2) is 67.0 Å². The average molecular weight is 372 g/mol. The maximum absolute atomic E-state index is 13.3. The zero-order chi connectivity index (χ0) is 18.9. The Bertz CT molecular complexity index is 974. The number of carbonyl (C=O) groups excluding carboxylic acids is 1. The molecular weight excluding hydrogens is 348 g/mol. The molecule has 0 spiro atoms. The first kappa shape index (κ1) is 17.5. The number of aromatic nitrogens is 1. The fourth-order valence-electron chi connectivity index (χ4n) is 4.73. The normalized spacial score (nSPS) is 24.9. The fourth-order valence-corrected chi connectivity index (χ4v) is 4.73. The highest BCUT2D eigenvalue weighted by molar-refractivity contribution is 6.01. The maximum Gasteiger partial charge on any atom is 0.166 e. The van der Waals surface area contributed by atoms with Crippen LogP contribution in [-0.4, -0.2) is 41.0 Å². The predicted molar refractivity (Wildman–Crippen MR) is 109 cm³/mol. The lowest BCUT2D eigenvalue weighted by Gasteiger charge is -2.48. The standard InChI is InChI=1S/C24H24N2O2/c27-24(19-6-7-20-13-25-9-8-18(20)10-19)21-11-22-15-28-16-23(12-21)26(22)14-17-4-2-1-3-5-17/h1-10,13,21-23H,11-12,14-16H2. The van der Waals surface area contributed by atoms with Gasteiger partial charge in [0.1, 0.15) is 0 Å². The van der Waals surface area contributed by atoms with Gasteiger partial charge in [-0.1, -0.05) is 42.5 Å². The first-order valence-corrected chi connectivity index (χ1v) is 10.0. The molecule has 2 aliphatic rings. The molecule has 2 atom stereocenters. The van der Waals surface area contributed by atoms with E-state index < -0.39 is 0 Å². The molecule has 2 unspecified atom stereocenters. The second-order valence-electron chi connectivity index (χ2n) is 7.97. The van der Waals surface area contributed by atoms with Gasteiger partial charge in [-0.2, -0.15) is 0 Å². The molecule has 3 heterocycles. The van der Waals surface area contributed by atoms with E-state index in [9.17, 15) is 4.79 Å². The second-order valence-corrected chi connectivity index (χ2v) is 7.97. The summed E-state index contributed by atoms with van der Waals surface area (Å²) in [5, 5.41) is 2.15. The van der Waals surface area contributed by atoms with E-state index >= 15 is 0 Å².